The van der Waals surface area contributed by atoms with E-state index >= 15 is 0 Å². The highest BCUT2D eigenvalue weighted by molar-refractivity contribution is 6.57. The SMILES string of the molecule is OB(O)c1ccnc(-n2ccnc2)n1. The zero-order chi connectivity index (χ0) is 9.97. The van der Waals surface area contributed by atoms with Crippen molar-refractivity contribution in [3.8, 4) is 5.95 Å². The van der Waals surface area contributed by atoms with Crippen LogP contribution in [0.15, 0.2) is 31.0 Å². The number of rotatable bonds is 2. The molecule has 2 aromatic heterocycles. The number of hydrogen-bond acceptors (Lipinski definition) is 5. The van der Waals surface area contributed by atoms with Gasteiger partial charge in [-0.3, -0.25) is 4.57 Å². The van der Waals surface area contributed by atoms with Crippen LogP contribution < -0.4 is 5.59 Å². The average molecular weight is 190 g/mol. The van der Waals surface area contributed by atoms with Gasteiger partial charge >= 0.3 is 7.12 Å². The molecule has 0 aliphatic rings. The maximum absolute atomic E-state index is 8.89. The minimum Gasteiger partial charge on any atom is -0.422 e. The van der Waals surface area contributed by atoms with E-state index < -0.39 is 7.12 Å². The molecule has 0 radical (unpaired) electrons. The molecular formula is C7H7BN4O2. The third kappa shape index (κ3) is 1.63. The monoisotopic (exact) mass is 190 g/mol. The molecule has 0 aromatic carbocycles. The van der Waals surface area contributed by atoms with Gasteiger partial charge in [-0.1, -0.05) is 0 Å². The fraction of sp³-hybridized carbons (Fsp3) is 0. The molecule has 14 heavy (non-hydrogen) atoms. The zero-order valence-corrected chi connectivity index (χ0v) is 7.15. The lowest BCUT2D eigenvalue weighted by molar-refractivity contribution is 0.424. The second-order valence-electron chi connectivity index (χ2n) is 2.63. The van der Waals surface area contributed by atoms with Crippen molar-refractivity contribution in [2.45, 2.75) is 0 Å². The molecule has 0 bridgehead atoms. The first kappa shape index (κ1) is 8.85. The molecule has 6 nitrogen and oxygen atoms in total. The van der Waals surface area contributed by atoms with E-state index in [0.717, 1.165) is 0 Å². The van der Waals surface area contributed by atoms with Crippen LogP contribution in [0.3, 0.4) is 0 Å². The van der Waals surface area contributed by atoms with Crippen molar-refractivity contribution in [1.29, 1.82) is 0 Å². The molecule has 0 spiro atoms. The van der Waals surface area contributed by atoms with Crippen molar-refractivity contribution >= 4 is 12.7 Å². The summed E-state index contributed by atoms with van der Waals surface area (Å²) in [7, 11) is -1.58. The summed E-state index contributed by atoms with van der Waals surface area (Å²) in [6, 6.07) is 1.44. The van der Waals surface area contributed by atoms with Gasteiger partial charge in [0.05, 0.1) is 5.59 Å². The lowest BCUT2D eigenvalue weighted by Gasteiger charge is -2.01. The van der Waals surface area contributed by atoms with Crippen LogP contribution in [0.2, 0.25) is 0 Å². The van der Waals surface area contributed by atoms with Crippen LogP contribution in [0, 0.1) is 0 Å². The average Bonchev–Trinajstić information content (AvgIpc) is 2.71. The van der Waals surface area contributed by atoms with Gasteiger partial charge in [-0.05, 0) is 6.07 Å². The van der Waals surface area contributed by atoms with Gasteiger partial charge in [0.1, 0.15) is 6.33 Å². The largest absolute Gasteiger partial charge is 0.508 e. The van der Waals surface area contributed by atoms with Crippen molar-refractivity contribution in [1.82, 2.24) is 19.5 Å². The van der Waals surface area contributed by atoms with Crippen LogP contribution in [0.4, 0.5) is 0 Å². The van der Waals surface area contributed by atoms with Crippen molar-refractivity contribution in [2.24, 2.45) is 0 Å². The Morgan fingerprint density at radius 3 is 2.79 bits per heavy atom. The zero-order valence-electron chi connectivity index (χ0n) is 7.15. The summed E-state index contributed by atoms with van der Waals surface area (Å²) in [5.74, 6) is 0.355. The second-order valence-corrected chi connectivity index (χ2v) is 2.63. The van der Waals surface area contributed by atoms with Crippen LogP contribution in [0.1, 0.15) is 0 Å². The van der Waals surface area contributed by atoms with E-state index in [9.17, 15) is 0 Å². The summed E-state index contributed by atoms with van der Waals surface area (Å²) in [5.41, 5.74) is 0.156. The van der Waals surface area contributed by atoms with Gasteiger partial charge in [-0.15, -0.1) is 0 Å². The van der Waals surface area contributed by atoms with Crippen LogP contribution in [0.5, 0.6) is 0 Å². The molecular weight excluding hydrogens is 183 g/mol. The molecule has 70 valence electrons. The summed E-state index contributed by atoms with van der Waals surface area (Å²) in [6.07, 6.45) is 6.24. The maximum atomic E-state index is 8.89. The predicted octanol–water partition coefficient (Wildman–Crippen LogP) is -1.66. The first-order valence-corrected chi connectivity index (χ1v) is 3.95. The van der Waals surface area contributed by atoms with Crippen LogP contribution >= 0.6 is 0 Å². The molecule has 0 aliphatic heterocycles. The predicted molar refractivity (Wildman–Crippen MR) is 49.0 cm³/mol. The Hall–Kier alpha value is -1.73. The fourth-order valence-corrected chi connectivity index (χ4v) is 1.01. The van der Waals surface area contributed by atoms with E-state index in [1.54, 1.807) is 17.0 Å². The van der Waals surface area contributed by atoms with E-state index in [-0.39, 0.29) is 5.59 Å². The molecule has 2 N–H and O–H groups in total. The van der Waals surface area contributed by atoms with Crippen LogP contribution in [-0.2, 0) is 0 Å². The summed E-state index contributed by atoms with van der Waals surface area (Å²) < 4.78 is 1.58. The Balaban J connectivity index is 2.41. The Bertz CT molecular complexity index is 417. The highest BCUT2D eigenvalue weighted by Gasteiger charge is 2.13. The molecule has 2 rings (SSSR count). The molecule has 2 aromatic rings. The van der Waals surface area contributed by atoms with Gasteiger partial charge in [-0.25, -0.2) is 15.0 Å². The number of aromatic nitrogens is 4. The Morgan fingerprint density at radius 2 is 2.14 bits per heavy atom. The summed E-state index contributed by atoms with van der Waals surface area (Å²) >= 11 is 0. The second kappa shape index (κ2) is 3.56. The number of nitrogens with zero attached hydrogens (tertiary/aromatic N) is 4. The van der Waals surface area contributed by atoms with Gasteiger partial charge in [0, 0.05) is 18.6 Å². The van der Waals surface area contributed by atoms with Gasteiger partial charge in [0.25, 0.3) is 0 Å². The third-order valence-corrected chi connectivity index (χ3v) is 1.66. The maximum Gasteiger partial charge on any atom is 0.508 e. The molecule has 0 unspecified atom stereocenters. The van der Waals surface area contributed by atoms with Crippen molar-refractivity contribution < 1.29 is 10.0 Å². The van der Waals surface area contributed by atoms with Crippen LogP contribution in [-0.4, -0.2) is 36.7 Å². The van der Waals surface area contributed by atoms with Crippen molar-refractivity contribution in [3.63, 3.8) is 0 Å². The van der Waals surface area contributed by atoms with Gasteiger partial charge in [-0.2, -0.15) is 0 Å². The molecule has 0 amide bonds. The number of imidazole rings is 1. The topological polar surface area (TPSA) is 84.1 Å². The molecule has 0 fully saturated rings. The van der Waals surface area contributed by atoms with Crippen LogP contribution in [0.25, 0.3) is 5.95 Å². The van der Waals surface area contributed by atoms with Gasteiger partial charge < -0.3 is 10.0 Å². The Labute approximate surface area is 80.0 Å². The standard InChI is InChI=1S/C7H7BN4O2/c13-8(14)6-1-2-10-7(11-6)12-4-3-9-5-12/h1-5,13-14H. The van der Waals surface area contributed by atoms with Gasteiger partial charge in [0.15, 0.2) is 0 Å². The highest BCUT2D eigenvalue weighted by atomic mass is 16.4. The summed E-state index contributed by atoms with van der Waals surface area (Å²) in [4.78, 5) is 11.7. The molecule has 2 heterocycles. The van der Waals surface area contributed by atoms with Gasteiger partial charge in [0.2, 0.25) is 5.95 Å². The third-order valence-electron chi connectivity index (χ3n) is 1.66. The van der Waals surface area contributed by atoms with Crippen molar-refractivity contribution in [2.75, 3.05) is 0 Å². The number of hydrogen-bond donors (Lipinski definition) is 2. The summed E-state index contributed by atoms with van der Waals surface area (Å²) in [5, 5.41) is 17.8. The molecule has 0 saturated carbocycles. The minimum absolute atomic E-state index is 0.156. The van der Waals surface area contributed by atoms with E-state index in [1.807, 2.05) is 0 Å². The Kier molecular flexibility index (Phi) is 2.25. The summed E-state index contributed by atoms with van der Waals surface area (Å²) in [6.45, 7) is 0. The fourth-order valence-electron chi connectivity index (χ4n) is 1.01. The van der Waals surface area contributed by atoms with E-state index in [2.05, 4.69) is 15.0 Å². The van der Waals surface area contributed by atoms with E-state index in [4.69, 9.17) is 10.0 Å². The quantitative estimate of drug-likeness (QED) is 0.553. The lowest BCUT2D eigenvalue weighted by Crippen LogP contribution is -2.33. The highest BCUT2D eigenvalue weighted by Crippen LogP contribution is 1.95. The molecule has 0 atom stereocenters. The lowest BCUT2D eigenvalue weighted by atomic mass is 9.86. The first-order valence-electron chi connectivity index (χ1n) is 3.95. The normalized spacial score (nSPS) is 10.1. The molecule has 0 saturated heterocycles. The minimum atomic E-state index is -1.58. The smallest absolute Gasteiger partial charge is 0.422 e. The Morgan fingerprint density at radius 1 is 1.29 bits per heavy atom. The van der Waals surface area contributed by atoms with E-state index in [0.29, 0.717) is 5.95 Å². The molecule has 0 aliphatic carbocycles. The van der Waals surface area contributed by atoms with E-state index in [1.165, 1.54) is 18.6 Å². The molecule has 7 heteroatoms. The first-order chi connectivity index (χ1) is 6.77. The van der Waals surface area contributed by atoms with Crippen molar-refractivity contribution in [3.05, 3.63) is 31.0 Å².